The van der Waals surface area contributed by atoms with Crippen molar-refractivity contribution in [2.45, 2.75) is 32.2 Å². The van der Waals surface area contributed by atoms with Gasteiger partial charge in [-0.3, -0.25) is 4.90 Å². The highest BCUT2D eigenvalue weighted by Gasteiger charge is 2.33. The summed E-state index contributed by atoms with van der Waals surface area (Å²) < 4.78 is 0. The molecule has 0 amide bonds. The third-order valence-electron chi connectivity index (χ3n) is 4.11. The minimum atomic E-state index is 0.368. The predicted molar refractivity (Wildman–Crippen MR) is 61.8 cm³/mol. The summed E-state index contributed by atoms with van der Waals surface area (Å²) in [6, 6.07) is 0.726. The topological polar surface area (TPSA) is 35.5 Å². The molecule has 2 fully saturated rings. The molecule has 3 heteroatoms. The average molecular weight is 212 g/mol. The second-order valence-corrected chi connectivity index (χ2v) is 5.08. The first-order valence-electron chi connectivity index (χ1n) is 6.40. The molecule has 0 saturated carbocycles. The number of piperidine rings is 1. The number of hydrogen-bond donors (Lipinski definition) is 2. The van der Waals surface area contributed by atoms with Crippen LogP contribution in [0.1, 0.15) is 26.2 Å². The highest BCUT2D eigenvalue weighted by Crippen LogP contribution is 2.24. The Morgan fingerprint density at radius 3 is 3.00 bits per heavy atom. The summed E-state index contributed by atoms with van der Waals surface area (Å²) in [4.78, 5) is 2.61. The molecule has 0 spiro atoms. The van der Waals surface area contributed by atoms with Crippen LogP contribution in [0, 0.1) is 11.8 Å². The number of aliphatic hydroxyl groups excluding tert-OH is 1. The van der Waals surface area contributed by atoms with Gasteiger partial charge in [0.25, 0.3) is 0 Å². The molecule has 2 aliphatic rings. The van der Waals surface area contributed by atoms with Crippen molar-refractivity contribution in [1.82, 2.24) is 10.2 Å². The van der Waals surface area contributed by atoms with E-state index in [9.17, 15) is 5.11 Å². The lowest BCUT2D eigenvalue weighted by molar-refractivity contribution is 0.0777. The third kappa shape index (κ3) is 2.52. The Balaban J connectivity index is 1.91. The molecule has 2 aliphatic heterocycles. The van der Waals surface area contributed by atoms with Crippen LogP contribution in [0.4, 0.5) is 0 Å². The van der Waals surface area contributed by atoms with Crippen molar-refractivity contribution < 1.29 is 5.11 Å². The minimum absolute atomic E-state index is 0.368. The summed E-state index contributed by atoms with van der Waals surface area (Å²) in [6.45, 7) is 7.34. The van der Waals surface area contributed by atoms with Gasteiger partial charge in [0, 0.05) is 25.7 Å². The van der Waals surface area contributed by atoms with E-state index in [-0.39, 0.29) is 0 Å². The Morgan fingerprint density at radius 2 is 2.27 bits per heavy atom. The zero-order valence-corrected chi connectivity index (χ0v) is 9.78. The van der Waals surface area contributed by atoms with E-state index in [0.717, 1.165) is 25.0 Å². The SMILES string of the molecule is CCC1CNCC1N1CCCC(CO)C1. The number of rotatable bonds is 3. The van der Waals surface area contributed by atoms with Gasteiger partial charge in [-0.05, 0) is 37.8 Å². The standard InChI is InChI=1S/C12H24N2O/c1-2-11-6-13-7-12(11)14-5-3-4-10(8-14)9-15/h10-13,15H,2-9H2,1H3. The molecule has 88 valence electrons. The highest BCUT2D eigenvalue weighted by molar-refractivity contribution is 4.90. The van der Waals surface area contributed by atoms with Crippen molar-refractivity contribution in [2.24, 2.45) is 11.8 Å². The van der Waals surface area contributed by atoms with Crippen LogP contribution in [0.2, 0.25) is 0 Å². The lowest BCUT2D eigenvalue weighted by atomic mass is 9.93. The smallest absolute Gasteiger partial charge is 0.0471 e. The van der Waals surface area contributed by atoms with Crippen molar-refractivity contribution in [2.75, 3.05) is 32.8 Å². The Morgan fingerprint density at radius 1 is 1.40 bits per heavy atom. The van der Waals surface area contributed by atoms with Crippen molar-refractivity contribution >= 4 is 0 Å². The number of nitrogens with one attached hydrogen (secondary N) is 1. The minimum Gasteiger partial charge on any atom is -0.396 e. The maximum atomic E-state index is 9.23. The van der Waals surface area contributed by atoms with E-state index in [4.69, 9.17) is 0 Å². The van der Waals surface area contributed by atoms with Gasteiger partial charge >= 0.3 is 0 Å². The normalized spacial score (nSPS) is 38.4. The molecule has 15 heavy (non-hydrogen) atoms. The highest BCUT2D eigenvalue weighted by atomic mass is 16.3. The van der Waals surface area contributed by atoms with Crippen molar-refractivity contribution in [3.8, 4) is 0 Å². The van der Waals surface area contributed by atoms with Gasteiger partial charge in [0.2, 0.25) is 0 Å². The lowest BCUT2D eigenvalue weighted by Gasteiger charge is -2.38. The van der Waals surface area contributed by atoms with Gasteiger partial charge < -0.3 is 10.4 Å². The molecule has 0 bridgehead atoms. The molecular formula is C12H24N2O. The summed E-state index contributed by atoms with van der Waals surface area (Å²) in [5, 5.41) is 12.7. The molecule has 0 aromatic heterocycles. The third-order valence-corrected chi connectivity index (χ3v) is 4.11. The monoisotopic (exact) mass is 212 g/mol. The van der Waals surface area contributed by atoms with Crippen LogP contribution in [0.25, 0.3) is 0 Å². The summed E-state index contributed by atoms with van der Waals surface area (Å²) >= 11 is 0. The van der Waals surface area contributed by atoms with Crippen molar-refractivity contribution in [1.29, 1.82) is 0 Å². The van der Waals surface area contributed by atoms with Gasteiger partial charge in [0.05, 0.1) is 0 Å². The molecule has 3 atom stereocenters. The van der Waals surface area contributed by atoms with E-state index in [1.54, 1.807) is 0 Å². The molecule has 2 heterocycles. The van der Waals surface area contributed by atoms with Crippen LogP contribution in [-0.2, 0) is 0 Å². The van der Waals surface area contributed by atoms with Gasteiger partial charge in [0.15, 0.2) is 0 Å². The summed E-state index contributed by atoms with van der Waals surface area (Å²) in [5.74, 6) is 1.35. The fourth-order valence-electron chi connectivity index (χ4n) is 3.11. The first-order chi connectivity index (χ1) is 7.35. The maximum absolute atomic E-state index is 9.23. The van der Waals surface area contributed by atoms with Crippen LogP contribution in [0.5, 0.6) is 0 Å². The fourth-order valence-corrected chi connectivity index (χ4v) is 3.11. The lowest BCUT2D eigenvalue weighted by Crippen LogP contribution is -2.47. The van der Waals surface area contributed by atoms with Gasteiger partial charge in [-0.1, -0.05) is 13.3 Å². The van der Waals surface area contributed by atoms with E-state index < -0.39 is 0 Å². The largest absolute Gasteiger partial charge is 0.396 e. The molecule has 2 rings (SSSR count). The van der Waals surface area contributed by atoms with Gasteiger partial charge in [-0.25, -0.2) is 0 Å². The molecule has 3 unspecified atom stereocenters. The van der Waals surface area contributed by atoms with E-state index in [0.29, 0.717) is 12.5 Å². The molecule has 0 aliphatic carbocycles. The van der Waals surface area contributed by atoms with E-state index >= 15 is 0 Å². The summed E-state index contributed by atoms with van der Waals surface area (Å²) in [5.41, 5.74) is 0. The number of aliphatic hydroxyl groups is 1. The summed E-state index contributed by atoms with van der Waals surface area (Å²) in [6.07, 6.45) is 3.75. The Kier molecular flexibility index (Phi) is 4.00. The van der Waals surface area contributed by atoms with Crippen LogP contribution >= 0.6 is 0 Å². The molecule has 0 aromatic rings. The van der Waals surface area contributed by atoms with Crippen molar-refractivity contribution in [3.63, 3.8) is 0 Å². The van der Waals surface area contributed by atoms with Crippen LogP contribution < -0.4 is 5.32 Å². The quantitative estimate of drug-likeness (QED) is 0.722. The molecule has 2 N–H and O–H groups in total. The zero-order chi connectivity index (χ0) is 10.7. The first kappa shape index (κ1) is 11.4. The predicted octanol–water partition coefficient (Wildman–Crippen LogP) is 0.689. The Labute approximate surface area is 92.8 Å². The van der Waals surface area contributed by atoms with Crippen LogP contribution in [0.15, 0.2) is 0 Å². The second kappa shape index (κ2) is 5.28. The number of nitrogens with zero attached hydrogens (tertiary/aromatic N) is 1. The zero-order valence-electron chi connectivity index (χ0n) is 9.78. The average Bonchev–Trinajstić information content (AvgIpc) is 2.77. The first-order valence-corrected chi connectivity index (χ1v) is 6.40. The fraction of sp³-hybridized carbons (Fsp3) is 1.00. The van der Waals surface area contributed by atoms with Crippen LogP contribution in [-0.4, -0.2) is 48.8 Å². The van der Waals surface area contributed by atoms with E-state index in [1.165, 1.54) is 32.4 Å². The molecular weight excluding hydrogens is 188 g/mol. The Hall–Kier alpha value is -0.120. The Bertz CT molecular complexity index is 198. The maximum Gasteiger partial charge on any atom is 0.0471 e. The second-order valence-electron chi connectivity index (χ2n) is 5.08. The van der Waals surface area contributed by atoms with Gasteiger partial charge in [-0.2, -0.15) is 0 Å². The van der Waals surface area contributed by atoms with Gasteiger partial charge in [-0.15, -0.1) is 0 Å². The molecule has 2 saturated heterocycles. The molecule has 3 nitrogen and oxygen atoms in total. The molecule has 0 aromatic carbocycles. The van der Waals surface area contributed by atoms with Crippen LogP contribution in [0.3, 0.4) is 0 Å². The van der Waals surface area contributed by atoms with Gasteiger partial charge in [0.1, 0.15) is 0 Å². The van der Waals surface area contributed by atoms with Crippen molar-refractivity contribution in [3.05, 3.63) is 0 Å². The number of hydrogen-bond acceptors (Lipinski definition) is 3. The molecule has 0 radical (unpaired) electrons. The summed E-state index contributed by atoms with van der Waals surface area (Å²) in [7, 11) is 0. The van der Waals surface area contributed by atoms with E-state index in [1.807, 2.05) is 0 Å². The number of likely N-dealkylation sites (tertiary alicyclic amines) is 1. The van der Waals surface area contributed by atoms with E-state index in [2.05, 4.69) is 17.1 Å².